The van der Waals surface area contributed by atoms with E-state index in [1.807, 2.05) is 12.1 Å². The van der Waals surface area contributed by atoms with Crippen LogP contribution in [0.5, 0.6) is 0 Å². The molecular weight excluding hydrogens is 281 g/mol. The van der Waals surface area contributed by atoms with E-state index >= 15 is 0 Å². The highest BCUT2D eigenvalue weighted by molar-refractivity contribution is 5.85. The van der Waals surface area contributed by atoms with Gasteiger partial charge in [0.1, 0.15) is 5.82 Å². The van der Waals surface area contributed by atoms with E-state index in [4.69, 9.17) is 5.11 Å². The van der Waals surface area contributed by atoms with Crippen LogP contribution in [-0.2, 0) is 11.3 Å². The Morgan fingerprint density at radius 2 is 2.05 bits per heavy atom. The average Bonchev–Trinajstić information content (AvgIpc) is 2.57. The first-order valence-corrected chi connectivity index (χ1v) is 6.82. The zero-order chi connectivity index (χ0) is 13.7. The molecule has 1 unspecified atom stereocenters. The number of likely N-dealkylation sites (tertiary alicyclic amines) is 1. The van der Waals surface area contributed by atoms with Crippen molar-refractivity contribution < 1.29 is 14.3 Å². The molecule has 0 saturated carbocycles. The first-order valence-electron chi connectivity index (χ1n) is 6.82. The molecule has 3 nitrogen and oxygen atoms in total. The lowest BCUT2D eigenvalue weighted by Gasteiger charge is -2.20. The van der Waals surface area contributed by atoms with Gasteiger partial charge in [0.05, 0.1) is 0 Å². The quantitative estimate of drug-likeness (QED) is 0.927. The first-order chi connectivity index (χ1) is 9.15. The number of carboxylic acids is 1. The first kappa shape index (κ1) is 16.9. The fourth-order valence-electron chi connectivity index (χ4n) is 2.70. The lowest BCUT2D eigenvalue weighted by Crippen LogP contribution is -2.25. The molecule has 1 aliphatic heterocycles. The van der Waals surface area contributed by atoms with Crippen LogP contribution in [0.25, 0.3) is 0 Å². The summed E-state index contributed by atoms with van der Waals surface area (Å²) in [6.07, 6.45) is 3.10. The molecule has 1 N–H and O–H groups in total. The van der Waals surface area contributed by atoms with Gasteiger partial charge in [-0.15, -0.1) is 12.4 Å². The number of hydrogen-bond acceptors (Lipinski definition) is 2. The number of aliphatic carboxylic acids is 1. The van der Waals surface area contributed by atoms with Crippen LogP contribution >= 0.6 is 12.4 Å². The van der Waals surface area contributed by atoms with Gasteiger partial charge in [0.25, 0.3) is 0 Å². The summed E-state index contributed by atoms with van der Waals surface area (Å²) in [4.78, 5) is 13.0. The highest BCUT2D eigenvalue weighted by Gasteiger charge is 2.19. The molecule has 0 amide bonds. The standard InChI is InChI=1S/C15H20FNO2.ClH/c16-14-6-2-1-5-13(14)11-17-8-3-4-12(7-9-17)10-15(18)19;/h1-2,5-6,12H,3-4,7-11H2,(H,18,19);1H. The number of nitrogens with zero attached hydrogens (tertiary/aromatic N) is 1. The molecule has 1 saturated heterocycles. The van der Waals surface area contributed by atoms with Crippen molar-refractivity contribution in [1.29, 1.82) is 0 Å². The lowest BCUT2D eigenvalue weighted by molar-refractivity contribution is -0.138. The molecular formula is C15H21ClFNO2. The van der Waals surface area contributed by atoms with Crippen molar-refractivity contribution in [3.63, 3.8) is 0 Å². The zero-order valence-electron chi connectivity index (χ0n) is 11.4. The Kier molecular flexibility index (Phi) is 6.96. The fourth-order valence-corrected chi connectivity index (χ4v) is 2.70. The molecule has 2 rings (SSSR count). The van der Waals surface area contributed by atoms with E-state index in [0.29, 0.717) is 6.54 Å². The molecule has 20 heavy (non-hydrogen) atoms. The number of carboxylic acid groups (broad SMARTS) is 1. The summed E-state index contributed by atoms with van der Waals surface area (Å²) in [6, 6.07) is 6.85. The van der Waals surface area contributed by atoms with Gasteiger partial charge in [-0.2, -0.15) is 0 Å². The molecule has 112 valence electrons. The summed E-state index contributed by atoms with van der Waals surface area (Å²) in [6.45, 7) is 2.39. The molecule has 0 radical (unpaired) electrons. The Hall–Kier alpha value is -1.13. The highest BCUT2D eigenvalue weighted by atomic mass is 35.5. The average molecular weight is 302 g/mol. The molecule has 1 heterocycles. The van der Waals surface area contributed by atoms with Gasteiger partial charge in [-0.3, -0.25) is 9.69 Å². The fraction of sp³-hybridized carbons (Fsp3) is 0.533. The summed E-state index contributed by atoms with van der Waals surface area (Å²) < 4.78 is 13.6. The maximum Gasteiger partial charge on any atom is 0.303 e. The van der Waals surface area contributed by atoms with Crippen LogP contribution in [0.2, 0.25) is 0 Å². The van der Waals surface area contributed by atoms with Crippen molar-refractivity contribution in [2.75, 3.05) is 13.1 Å². The largest absolute Gasteiger partial charge is 0.481 e. The van der Waals surface area contributed by atoms with Gasteiger partial charge in [0.2, 0.25) is 0 Å². The molecule has 0 aliphatic carbocycles. The molecule has 1 atom stereocenters. The highest BCUT2D eigenvalue weighted by Crippen LogP contribution is 2.22. The summed E-state index contributed by atoms with van der Waals surface area (Å²) >= 11 is 0. The Labute approximate surface area is 125 Å². The third-order valence-electron chi connectivity index (χ3n) is 3.76. The Bertz CT molecular complexity index is 442. The minimum atomic E-state index is -0.715. The predicted octanol–water partition coefficient (Wildman–Crippen LogP) is 3.32. The minimum absolute atomic E-state index is 0. The van der Waals surface area contributed by atoms with Crippen molar-refractivity contribution in [1.82, 2.24) is 4.90 Å². The molecule has 1 aliphatic rings. The van der Waals surface area contributed by atoms with E-state index in [-0.39, 0.29) is 30.6 Å². The second kappa shape index (κ2) is 8.22. The van der Waals surface area contributed by atoms with Crippen LogP contribution < -0.4 is 0 Å². The summed E-state index contributed by atoms with van der Waals surface area (Å²) in [5, 5.41) is 8.83. The number of carbonyl (C=O) groups is 1. The SMILES string of the molecule is Cl.O=C(O)CC1CCCN(Cc2ccccc2F)CC1. The molecule has 1 fully saturated rings. The van der Waals surface area contributed by atoms with Crippen LogP contribution in [-0.4, -0.2) is 29.1 Å². The number of hydrogen-bond donors (Lipinski definition) is 1. The maximum absolute atomic E-state index is 13.6. The van der Waals surface area contributed by atoms with Gasteiger partial charge in [-0.25, -0.2) is 4.39 Å². The summed E-state index contributed by atoms with van der Waals surface area (Å²) in [5.41, 5.74) is 0.721. The van der Waals surface area contributed by atoms with Crippen molar-refractivity contribution in [3.05, 3.63) is 35.6 Å². The third-order valence-corrected chi connectivity index (χ3v) is 3.76. The van der Waals surface area contributed by atoms with Crippen LogP contribution in [0.3, 0.4) is 0 Å². The lowest BCUT2D eigenvalue weighted by atomic mass is 9.97. The predicted molar refractivity (Wildman–Crippen MR) is 78.5 cm³/mol. The van der Waals surface area contributed by atoms with Gasteiger partial charge in [0, 0.05) is 18.5 Å². The van der Waals surface area contributed by atoms with Crippen molar-refractivity contribution >= 4 is 18.4 Å². The third kappa shape index (κ3) is 5.10. The zero-order valence-corrected chi connectivity index (χ0v) is 12.2. The monoisotopic (exact) mass is 301 g/mol. The number of halogens is 2. The summed E-state index contributed by atoms with van der Waals surface area (Å²) in [7, 11) is 0. The van der Waals surface area contributed by atoms with E-state index in [0.717, 1.165) is 37.9 Å². The number of benzene rings is 1. The Morgan fingerprint density at radius 3 is 2.75 bits per heavy atom. The Balaban J connectivity index is 0.00000200. The molecule has 0 aromatic heterocycles. The molecule has 0 bridgehead atoms. The van der Waals surface area contributed by atoms with Gasteiger partial charge in [-0.05, 0) is 44.3 Å². The molecule has 1 aromatic rings. The van der Waals surface area contributed by atoms with E-state index in [1.165, 1.54) is 6.07 Å². The van der Waals surface area contributed by atoms with Crippen LogP contribution in [0.15, 0.2) is 24.3 Å². The molecule has 5 heteroatoms. The van der Waals surface area contributed by atoms with Crippen LogP contribution in [0.4, 0.5) is 4.39 Å². The smallest absolute Gasteiger partial charge is 0.303 e. The summed E-state index contributed by atoms with van der Waals surface area (Å²) in [5.74, 6) is -0.607. The van der Waals surface area contributed by atoms with Gasteiger partial charge in [0.15, 0.2) is 0 Å². The second-order valence-electron chi connectivity index (χ2n) is 5.26. The molecule has 0 spiro atoms. The van der Waals surface area contributed by atoms with Crippen LogP contribution in [0, 0.1) is 11.7 Å². The van der Waals surface area contributed by atoms with Gasteiger partial charge in [-0.1, -0.05) is 18.2 Å². The van der Waals surface area contributed by atoms with Gasteiger partial charge < -0.3 is 5.11 Å². The van der Waals surface area contributed by atoms with Crippen LogP contribution in [0.1, 0.15) is 31.2 Å². The second-order valence-corrected chi connectivity index (χ2v) is 5.26. The van der Waals surface area contributed by atoms with E-state index < -0.39 is 5.97 Å². The topological polar surface area (TPSA) is 40.5 Å². The maximum atomic E-state index is 13.6. The minimum Gasteiger partial charge on any atom is -0.481 e. The number of rotatable bonds is 4. The normalized spacial score (nSPS) is 19.9. The van der Waals surface area contributed by atoms with E-state index in [2.05, 4.69) is 4.90 Å². The van der Waals surface area contributed by atoms with Gasteiger partial charge >= 0.3 is 5.97 Å². The molecule has 1 aromatic carbocycles. The Morgan fingerprint density at radius 1 is 1.30 bits per heavy atom. The van der Waals surface area contributed by atoms with Crippen molar-refractivity contribution in [2.45, 2.75) is 32.2 Å². The van der Waals surface area contributed by atoms with E-state index in [1.54, 1.807) is 6.07 Å². The van der Waals surface area contributed by atoms with E-state index in [9.17, 15) is 9.18 Å². The van der Waals surface area contributed by atoms with Crippen molar-refractivity contribution in [2.24, 2.45) is 5.92 Å². The van der Waals surface area contributed by atoms with Crippen molar-refractivity contribution in [3.8, 4) is 0 Å².